The molecule has 0 spiro atoms. The van der Waals surface area contributed by atoms with E-state index < -0.39 is 0 Å². The van der Waals surface area contributed by atoms with Gasteiger partial charge >= 0.3 is 0 Å². The van der Waals surface area contributed by atoms with Crippen molar-refractivity contribution in [1.29, 1.82) is 0 Å². The molecule has 0 atom stereocenters. The molecule has 5 heteroatoms. The van der Waals surface area contributed by atoms with Gasteiger partial charge in [0.25, 0.3) is 5.91 Å². The van der Waals surface area contributed by atoms with E-state index in [4.69, 9.17) is 4.74 Å². The lowest BCUT2D eigenvalue weighted by Crippen LogP contribution is -2.30. The van der Waals surface area contributed by atoms with E-state index in [1.54, 1.807) is 24.1 Å². The van der Waals surface area contributed by atoms with Crippen LogP contribution in [-0.4, -0.2) is 24.7 Å². The molecule has 1 N–H and O–H groups in total. The largest absolute Gasteiger partial charge is 0.508 e. The van der Waals surface area contributed by atoms with Gasteiger partial charge in [-0.3, -0.25) is 4.79 Å². The normalized spacial score (nSPS) is 14.0. The number of phenolic OH excluding ortho intramolecular Hbond substituents is 1. The molecule has 0 saturated heterocycles. The maximum atomic E-state index is 14.3. The van der Waals surface area contributed by atoms with Crippen LogP contribution < -0.4 is 14.5 Å². The summed E-state index contributed by atoms with van der Waals surface area (Å²) in [7, 11) is 1.64. The maximum absolute atomic E-state index is 14.3. The second-order valence-corrected chi connectivity index (χ2v) is 11.6. The number of ether oxygens (including phenoxy) is 1. The van der Waals surface area contributed by atoms with Crippen LogP contribution in [0.1, 0.15) is 81.3 Å². The molecule has 1 aliphatic rings. The van der Waals surface area contributed by atoms with Gasteiger partial charge in [0.15, 0.2) is 0 Å². The zero-order valence-electron chi connectivity index (χ0n) is 26.6. The highest BCUT2D eigenvalue weighted by molar-refractivity contribution is 6.15. The summed E-state index contributed by atoms with van der Waals surface area (Å²) in [4.78, 5) is 18.2. The molecular formula is C38H46N2O3. The topological polar surface area (TPSA) is 53.0 Å². The van der Waals surface area contributed by atoms with Crippen molar-refractivity contribution in [1.82, 2.24) is 0 Å². The number of phenols is 1. The van der Waals surface area contributed by atoms with Crippen molar-refractivity contribution in [3.8, 4) is 11.5 Å². The van der Waals surface area contributed by atoms with Gasteiger partial charge in [-0.1, -0.05) is 78.3 Å². The fraction of sp³-hybridized carbons (Fsp3) is 0.342. The number of para-hydroxylation sites is 1. The number of hydrogen-bond acceptors (Lipinski definition) is 4. The number of carbonyl (C=O) groups excluding carboxylic acids is 1. The minimum atomic E-state index is -0.120. The number of aryl methyl sites for hydroxylation is 1. The molecule has 43 heavy (non-hydrogen) atoms. The van der Waals surface area contributed by atoms with E-state index in [1.807, 2.05) is 43.3 Å². The highest BCUT2D eigenvalue weighted by Gasteiger charge is 2.34. The van der Waals surface area contributed by atoms with Crippen LogP contribution in [0.2, 0.25) is 0 Å². The van der Waals surface area contributed by atoms with Crippen molar-refractivity contribution >= 4 is 23.0 Å². The highest BCUT2D eigenvalue weighted by Crippen LogP contribution is 2.48. The number of methoxy groups -OCH3 is 1. The van der Waals surface area contributed by atoms with Gasteiger partial charge in [-0.2, -0.15) is 0 Å². The molecule has 0 fully saturated rings. The van der Waals surface area contributed by atoms with Gasteiger partial charge in [0, 0.05) is 19.2 Å². The van der Waals surface area contributed by atoms with Crippen LogP contribution in [0, 0.1) is 6.92 Å². The summed E-state index contributed by atoms with van der Waals surface area (Å²) in [6.07, 6.45) is 12.0. The predicted octanol–water partition coefficient (Wildman–Crippen LogP) is 9.82. The van der Waals surface area contributed by atoms with Crippen LogP contribution in [0.4, 0.5) is 17.1 Å². The first-order chi connectivity index (χ1) is 20.7. The van der Waals surface area contributed by atoms with Crippen molar-refractivity contribution in [2.45, 2.75) is 73.3 Å². The Labute approximate surface area is 257 Å². The molecule has 0 radical (unpaired) electrons. The molecule has 0 bridgehead atoms. The van der Waals surface area contributed by atoms with E-state index in [1.165, 1.54) is 16.7 Å². The quantitative estimate of drug-likeness (QED) is 0.217. The van der Waals surface area contributed by atoms with Gasteiger partial charge in [-0.05, 0) is 89.1 Å². The van der Waals surface area contributed by atoms with Crippen LogP contribution in [0.25, 0.3) is 0 Å². The third-order valence-electron chi connectivity index (χ3n) is 8.22. The summed E-state index contributed by atoms with van der Waals surface area (Å²) in [5, 5.41) is 10.7. The third-order valence-corrected chi connectivity index (χ3v) is 8.22. The molecule has 1 aliphatic heterocycles. The summed E-state index contributed by atoms with van der Waals surface area (Å²) in [6.45, 7) is 11.7. The Morgan fingerprint density at radius 3 is 2.19 bits per heavy atom. The SMILES string of the molecule is CC/C(C)=C\CC/C(C)=C/CC/C(C)=C/CN1C(=O)c2cccc(OC)c2N(Cc2ccccc2)c2c(C)cc(O)cc21. The Bertz CT molecular complexity index is 1520. The first-order valence-electron chi connectivity index (χ1n) is 15.3. The number of aromatic hydroxyl groups is 1. The number of rotatable bonds is 12. The molecule has 1 heterocycles. The van der Waals surface area contributed by atoms with Crippen LogP contribution in [0.5, 0.6) is 11.5 Å². The summed E-state index contributed by atoms with van der Waals surface area (Å²) in [5.74, 6) is 0.652. The Balaban J connectivity index is 1.66. The molecule has 4 rings (SSSR count). The van der Waals surface area contributed by atoms with E-state index >= 15 is 0 Å². The van der Waals surface area contributed by atoms with Crippen LogP contribution >= 0.6 is 0 Å². The van der Waals surface area contributed by atoms with E-state index in [-0.39, 0.29) is 11.7 Å². The Kier molecular flexibility index (Phi) is 10.9. The summed E-state index contributed by atoms with van der Waals surface area (Å²) >= 11 is 0. The Morgan fingerprint density at radius 1 is 0.837 bits per heavy atom. The molecule has 0 aliphatic carbocycles. The van der Waals surface area contributed by atoms with E-state index in [9.17, 15) is 9.90 Å². The molecule has 5 nitrogen and oxygen atoms in total. The van der Waals surface area contributed by atoms with E-state index in [0.717, 1.165) is 54.6 Å². The van der Waals surface area contributed by atoms with Crippen molar-refractivity contribution in [2.75, 3.05) is 23.5 Å². The predicted molar refractivity (Wildman–Crippen MR) is 180 cm³/mol. The van der Waals surface area contributed by atoms with E-state index in [0.29, 0.717) is 30.1 Å². The van der Waals surface area contributed by atoms with E-state index in [2.05, 4.69) is 63.0 Å². The number of allylic oxidation sites excluding steroid dienone is 5. The lowest BCUT2D eigenvalue weighted by molar-refractivity contribution is 0.0990. The number of benzene rings is 3. The zero-order chi connectivity index (χ0) is 30.9. The van der Waals surface area contributed by atoms with Gasteiger partial charge in [0.2, 0.25) is 0 Å². The van der Waals surface area contributed by atoms with Crippen LogP contribution in [0.3, 0.4) is 0 Å². The summed E-state index contributed by atoms with van der Waals surface area (Å²) in [6, 6.07) is 19.3. The number of amides is 1. The summed E-state index contributed by atoms with van der Waals surface area (Å²) in [5.41, 5.74) is 8.96. The van der Waals surface area contributed by atoms with Gasteiger partial charge in [0.05, 0.1) is 29.7 Å². The molecule has 0 unspecified atom stereocenters. The van der Waals surface area contributed by atoms with Crippen molar-refractivity contribution in [3.05, 3.63) is 112 Å². The van der Waals surface area contributed by atoms with Crippen LogP contribution in [-0.2, 0) is 6.54 Å². The number of nitrogens with zero attached hydrogens (tertiary/aromatic N) is 2. The highest BCUT2D eigenvalue weighted by atomic mass is 16.5. The van der Waals surface area contributed by atoms with Gasteiger partial charge < -0.3 is 19.6 Å². The minimum Gasteiger partial charge on any atom is -0.508 e. The molecular weight excluding hydrogens is 532 g/mol. The number of fused-ring (bicyclic) bond motifs is 2. The number of carbonyl (C=O) groups is 1. The second kappa shape index (κ2) is 14.8. The number of anilines is 3. The van der Waals surface area contributed by atoms with Crippen molar-refractivity contribution in [3.63, 3.8) is 0 Å². The third kappa shape index (κ3) is 7.78. The molecule has 3 aromatic carbocycles. The molecule has 0 saturated carbocycles. The first kappa shape index (κ1) is 31.7. The zero-order valence-corrected chi connectivity index (χ0v) is 26.6. The molecule has 226 valence electrons. The lowest BCUT2D eigenvalue weighted by atomic mass is 10.1. The Morgan fingerprint density at radius 2 is 1.51 bits per heavy atom. The summed E-state index contributed by atoms with van der Waals surface area (Å²) < 4.78 is 5.82. The minimum absolute atomic E-state index is 0.120. The fourth-order valence-electron chi connectivity index (χ4n) is 5.60. The second-order valence-electron chi connectivity index (χ2n) is 11.6. The van der Waals surface area contributed by atoms with Crippen molar-refractivity contribution in [2.24, 2.45) is 0 Å². The smallest absolute Gasteiger partial charge is 0.260 e. The van der Waals surface area contributed by atoms with Gasteiger partial charge in [-0.25, -0.2) is 0 Å². The molecule has 3 aromatic rings. The Hall–Kier alpha value is -4.25. The van der Waals surface area contributed by atoms with Crippen LogP contribution in [0.15, 0.2) is 95.6 Å². The van der Waals surface area contributed by atoms with Gasteiger partial charge in [0.1, 0.15) is 11.5 Å². The fourth-order valence-corrected chi connectivity index (χ4v) is 5.60. The maximum Gasteiger partial charge on any atom is 0.260 e. The first-order valence-corrected chi connectivity index (χ1v) is 15.3. The standard InChI is InChI=1S/C38H46N2O3/c1-7-27(2)14-11-15-28(3)16-12-17-29(4)22-23-39-34-25-32(41)24-30(5)36(34)40(26-31-18-9-8-10-19-31)37-33(38(39)42)20-13-21-35(37)43-6/h8-10,13-14,16,18-22,24-25,41H,7,11-12,15,17,23,26H2,1-6H3/b27-14-,28-16+,29-22+. The number of hydrogen-bond donors (Lipinski definition) is 1. The molecule has 1 amide bonds. The average molecular weight is 579 g/mol. The lowest BCUT2D eigenvalue weighted by Gasteiger charge is -2.30. The van der Waals surface area contributed by atoms with Crippen molar-refractivity contribution < 1.29 is 14.6 Å². The molecule has 0 aromatic heterocycles. The average Bonchev–Trinajstić information content (AvgIpc) is 3.09. The monoisotopic (exact) mass is 578 g/mol. The van der Waals surface area contributed by atoms with Gasteiger partial charge in [-0.15, -0.1) is 0 Å².